The number of aromatic nitrogens is 4. The average Bonchev–Trinajstić information content (AvgIpc) is 2.74. The van der Waals surface area contributed by atoms with Crippen LogP contribution in [0.5, 0.6) is 0 Å². The highest BCUT2D eigenvalue weighted by molar-refractivity contribution is 7.99. The summed E-state index contributed by atoms with van der Waals surface area (Å²) in [6.45, 7) is 4.40. The van der Waals surface area contributed by atoms with Crippen LogP contribution in [0.25, 0.3) is 11.4 Å². The van der Waals surface area contributed by atoms with Gasteiger partial charge in [-0.15, -0.1) is 0 Å². The van der Waals surface area contributed by atoms with E-state index >= 15 is 0 Å². The predicted octanol–water partition coefficient (Wildman–Crippen LogP) is 4.02. The number of hydrogen-bond acceptors (Lipinski definition) is 6. The van der Waals surface area contributed by atoms with E-state index in [0.29, 0.717) is 16.9 Å². The van der Waals surface area contributed by atoms with Crippen LogP contribution in [0.1, 0.15) is 19.4 Å². The lowest BCUT2D eigenvalue weighted by molar-refractivity contribution is -0.118. The molecule has 0 radical (unpaired) electrons. The van der Waals surface area contributed by atoms with Gasteiger partial charge < -0.3 is 5.32 Å². The van der Waals surface area contributed by atoms with E-state index in [2.05, 4.69) is 25.3 Å². The quantitative estimate of drug-likeness (QED) is 0.381. The van der Waals surface area contributed by atoms with Crippen LogP contribution < -0.4 is 5.32 Å². The van der Waals surface area contributed by atoms with Crippen LogP contribution >= 0.6 is 23.4 Å². The maximum atomic E-state index is 12.0. The Bertz CT molecular complexity index is 846. The van der Waals surface area contributed by atoms with Crippen molar-refractivity contribution >= 4 is 29.3 Å². The lowest BCUT2D eigenvalue weighted by atomic mass is 10.3. The van der Waals surface area contributed by atoms with Gasteiger partial charge in [-0.3, -0.25) is 9.78 Å². The van der Waals surface area contributed by atoms with Crippen LogP contribution in [0, 0.1) is 0 Å². The van der Waals surface area contributed by atoms with Gasteiger partial charge in [-0.25, -0.2) is 15.0 Å². The van der Waals surface area contributed by atoms with Gasteiger partial charge in [0.25, 0.3) is 0 Å². The molecule has 140 valence electrons. The average molecular weight is 402 g/mol. The fourth-order valence-electron chi connectivity index (χ4n) is 1.96. The molecule has 27 heavy (non-hydrogen) atoms. The minimum absolute atomic E-state index is 0.105. The number of rotatable bonds is 6. The summed E-state index contributed by atoms with van der Waals surface area (Å²) in [5.41, 5.74) is 2.38. The first-order chi connectivity index (χ1) is 13.2. The summed E-state index contributed by atoms with van der Waals surface area (Å²) < 4.78 is 0. The topological polar surface area (TPSA) is 80.7 Å². The summed E-state index contributed by atoms with van der Waals surface area (Å²) >= 11 is 7.00. The zero-order valence-electron chi connectivity index (χ0n) is 15.1. The van der Waals surface area contributed by atoms with E-state index in [1.165, 1.54) is 11.8 Å². The molecule has 0 bridgehead atoms. The number of carbonyl (C=O) groups is 1. The monoisotopic (exact) mass is 401 g/mol. The molecular formula is C19H20ClN5OS. The van der Waals surface area contributed by atoms with Crippen molar-refractivity contribution in [3.8, 4) is 11.4 Å². The third-order valence-electron chi connectivity index (χ3n) is 3.17. The molecule has 3 aromatic rings. The fourth-order valence-corrected chi connectivity index (χ4v) is 2.73. The van der Waals surface area contributed by atoms with Gasteiger partial charge in [-0.1, -0.05) is 49.3 Å². The van der Waals surface area contributed by atoms with Crippen LogP contribution in [0.15, 0.2) is 60.1 Å². The lowest BCUT2D eigenvalue weighted by Gasteiger charge is -2.05. The van der Waals surface area contributed by atoms with Crippen molar-refractivity contribution in [2.45, 2.75) is 25.5 Å². The SMILES string of the molecule is CC.O=C(CSc1nccc(-c2ccccn2)n1)NCc1ccc(Cl)nc1. The lowest BCUT2D eigenvalue weighted by Crippen LogP contribution is -2.24. The molecule has 0 aliphatic carbocycles. The smallest absolute Gasteiger partial charge is 0.230 e. The second-order valence-electron chi connectivity index (χ2n) is 4.99. The number of carbonyl (C=O) groups excluding carboxylic acids is 1. The van der Waals surface area contributed by atoms with Crippen LogP contribution in [0.4, 0.5) is 0 Å². The van der Waals surface area contributed by atoms with Crippen LogP contribution in [0.2, 0.25) is 5.15 Å². The third-order valence-corrected chi connectivity index (χ3v) is 4.26. The second-order valence-corrected chi connectivity index (χ2v) is 6.32. The molecule has 6 nitrogen and oxygen atoms in total. The van der Waals surface area contributed by atoms with Gasteiger partial charge in [-0.2, -0.15) is 0 Å². The van der Waals surface area contributed by atoms with Crippen LogP contribution in [-0.2, 0) is 11.3 Å². The van der Waals surface area contributed by atoms with Gasteiger partial charge in [-0.05, 0) is 29.8 Å². The summed E-state index contributed by atoms with van der Waals surface area (Å²) in [6, 6.07) is 10.9. The number of hydrogen-bond donors (Lipinski definition) is 1. The second kappa shape index (κ2) is 11.3. The summed E-state index contributed by atoms with van der Waals surface area (Å²) in [5.74, 6) is 0.124. The van der Waals surface area contributed by atoms with Gasteiger partial charge in [0.05, 0.1) is 17.1 Å². The van der Waals surface area contributed by atoms with Gasteiger partial charge >= 0.3 is 0 Å². The van der Waals surface area contributed by atoms with Crippen LogP contribution in [0.3, 0.4) is 0 Å². The molecule has 0 aliphatic rings. The molecule has 1 N–H and O–H groups in total. The molecule has 0 atom stereocenters. The Labute approximate surface area is 167 Å². The maximum Gasteiger partial charge on any atom is 0.230 e. The highest BCUT2D eigenvalue weighted by atomic mass is 35.5. The highest BCUT2D eigenvalue weighted by Crippen LogP contribution is 2.18. The van der Waals surface area contributed by atoms with Crippen molar-refractivity contribution in [3.05, 3.63) is 65.7 Å². The van der Waals surface area contributed by atoms with Gasteiger partial charge in [0.15, 0.2) is 5.16 Å². The number of nitrogens with zero attached hydrogens (tertiary/aromatic N) is 4. The summed E-state index contributed by atoms with van der Waals surface area (Å²) in [5, 5.41) is 3.78. The molecule has 3 heterocycles. The van der Waals surface area contributed by atoms with E-state index in [0.717, 1.165) is 17.0 Å². The normalized spacial score (nSPS) is 9.89. The summed E-state index contributed by atoms with van der Waals surface area (Å²) in [4.78, 5) is 28.8. The van der Waals surface area contributed by atoms with E-state index in [4.69, 9.17) is 11.6 Å². The molecule has 0 aromatic carbocycles. The fraction of sp³-hybridized carbons (Fsp3) is 0.211. The predicted molar refractivity (Wildman–Crippen MR) is 108 cm³/mol. The van der Waals surface area contributed by atoms with Gasteiger partial charge in [0.2, 0.25) is 5.91 Å². The first-order valence-electron chi connectivity index (χ1n) is 8.45. The maximum absolute atomic E-state index is 12.0. The Morgan fingerprint density at radius 1 is 1.04 bits per heavy atom. The number of halogens is 1. The summed E-state index contributed by atoms with van der Waals surface area (Å²) in [7, 11) is 0. The standard InChI is InChI=1S/C17H14ClN5OS.C2H6/c18-15-5-4-12(9-21-15)10-22-16(24)11-25-17-20-8-6-14(23-17)13-3-1-2-7-19-13;1-2/h1-9H,10-11H2,(H,22,24);1-2H3. The molecule has 3 aromatic heterocycles. The van der Waals surface area contributed by atoms with E-state index in [1.54, 1.807) is 30.7 Å². The minimum Gasteiger partial charge on any atom is -0.351 e. The molecule has 3 rings (SSSR count). The Balaban J connectivity index is 0.00000126. The first kappa shape index (κ1) is 20.8. The van der Waals surface area contributed by atoms with E-state index in [9.17, 15) is 4.79 Å². The molecule has 0 unspecified atom stereocenters. The van der Waals surface area contributed by atoms with Crippen molar-refractivity contribution < 1.29 is 4.79 Å². The van der Waals surface area contributed by atoms with Crippen molar-refractivity contribution in [1.82, 2.24) is 25.3 Å². The summed E-state index contributed by atoms with van der Waals surface area (Å²) in [6.07, 6.45) is 5.01. The zero-order valence-corrected chi connectivity index (χ0v) is 16.7. The van der Waals surface area contributed by atoms with Crippen molar-refractivity contribution in [2.75, 3.05) is 5.75 Å². The first-order valence-corrected chi connectivity index (χ1v) is 9.81. The largest absolute Gasteiger partial charge is 0.351 e. The van der Waals surface area contributed by atoms with Crippen molar-refractivity contribution in [2.24, 2.45) is 0 Å². The van der Waals surface area contributed by atoms with Crippen molar-refractivity contribution in [3.63, 3.8) is 0 Å². The molecule has 0 saturated carbocycles. The van der Waals surface area contributed by atoms with E-state index < -0.39 is 0 Å². The minimum atomic E-state index is -0.105. The third kappa shape index (κ3) is 6.96. The molecule has 1 amide bonds. The molecular weight excluding hydrogens is 382 g/mol. The Morgan fingerprint density at radius 2 is 1.89 bits per heavy atom. The highest BCUT2D eigenvalue weighted by Gasteiger charge is 2.07. The van der Waals surface area contributed by atoms with E-state index in [1.807, 2.05) is 38.1 Å². The molecule has 0 saturated heterocycles. The Kier molecular flexibility index (Phi) is 8.67. The number of nitrogens with one attached hydrogen (secondary N) is 1. The van der Waals surface area contributed by atoms with Crippen LogP contribution in [-0.4, -0.2) is 31.6 Å². The molecule has 0 fully saturated rings. The van der Waals surface area contributed by atoms with Crippen molar-refractivity contribution in [1.29, 1.82) is 0 Å². The Morgan fingerprint density at radius 3 is 2.59 bits per heavy atom. The molecule has 8 heteroatoms. The van der Waals surface area contributed by atoms with Gasteiger partial charge in [0.1, 0.15) is 5.15 Å². The molecule has 0 spiro atoms. The molecule has 0 aliphatic heterocycles. The van der Waals surface area contributed by atoms with E-state index in [-0.39, 0.29) is 11.7 Å². The number of amides is 1. The Hall–Kier alpha value is -2.51. The number of pyridine rings is 2. The number of thioether (sulfide) groups is 1. The zero-order chi connectivity index (χ0) is 19.5. The van der Waals surface area contributed by atoms with Gasteiger partial charge in [0, 0.05) is 25.1 Å².